The maximum absolute atomic E-state index is 12.6. The van der Waals surface area contributed by atoms with Crippen molar-refractivity contribution in [1.29, 1.82) is 0 Å². The van der Waals surface area contributed by atoms with Gasteiger partial charge in [-0.1, -0.05) is 0 Å². The zero-order valence-electron chi connectivity index (χ0n) is 11.5. The largest absolute Gasteiger partial charge is 0.378 e. The Labute approximate surface area is 126 Å². The smallest absolute Gasteiger partial charge is 0.273 e. The summed E-state index contributed by atoms with van der Waals surface area (Å²) in [5, 5.41) is 4.78. The van der Waals surface area contributed by atoms with E-state index in [9.17, 15) is 4.79 Å². The van der Waals surface area contributed by atoms with E-state index in [1.165, 1.54) is 21.8 Å². The highest BCUT2D eigenvalue weighted by molar-refractivity contribution is 7.10. The summed E-state index contributed by atoms with van der Waals surface area (Å²) in [6.45, 7) is 3.32. The number of amides is 1. The predicted molar refractivity (Wildman–Crippen MR) is 80.3 cm³/mol. The molecule has 106 valence electrons. The van der Waals surface area contributed by atoms with Gasteiger partial charge in [0.15, 0.2) is 0 Å². The van der Waals surface area contributed by atoms with Crippen LogP contribution in [0, 0.1) is 0 Å². The molecule has 0 bridgehead atoms. The number of methoxy groups -OCH3 is 1. The Morgan fingerprint density at radius 3 is 3.20 bits per heavy atom. The van der Waals surface area contributed by atoms with Crippen molar-refractivity contribution >= 4 is 28.6 Å². The second-order valence-corrected chi connectivity index (χ2v) is 6.73. The van der Waals surface area contributed by atoms with Gasteiger partial charge in [0.2, 0.25) is 0 Å². The average Bonchev–Trinajstić information content (AvgIpc) is 3.08. The molecular weight excluding hydrogens is 292 g/mol. The summed E-state index contributed by atoms with van der Waals surface area (Å²) in [7, 11) is 1.63. The van der Waals surface area contributed by atoms with Gasteiger partial charge in [-0.05, 0) is 30.4 Å². The maximum atomic E-state index is 12.6. The topological polar surface area (TPSA) is 42.4 Å². The fraction of sp³-hybridized carbons (Fsp3) is 0.429. The minimum absolute atomic E-state index is 0.0213. The number of rotatable bonds is 3. The van der Waals surface area contributed by atoms with Crippen molar-refractivity contribution < 1.29 is 9.53 Å². The summed E-state index contributed by atoms with van der Waals surface area (Å²) in [6.07, 6.45) is 0.943. The third-order valence-electron chi connectivity index (χ3n) is 3.58. The van der Waals surface area contributed by atoms with E-state index in [-0.39, 0.29) is 11.9 Å². The molecular formula is C14H16N2O2S2. The van der Waals surface area contributed by atoms with Gasteiger partial charge in [-0.25, -0.2) is 4.98 Å². The fourth-order valence-corrected chi connectivity index (χ4v) is 4.23. The third kappa shape index (κ3) is 2.39. The van der Waals surface area contributed by atoms with E-state index in [4.69, 9.17) is 4.74 Å². The number of carbonyl (C=O) groups is 1. The van der Waals surface area contributed by atoms with Crippen molar-refractivity contribution in [2.45, 2.75) is 26.0 Å². The first kappa shape index (κ1) is 13.7. The number of thiophene rings is 1. The first-order valence-corrected chi connectivity index (χ1v) is 8.27. The van der Waals surface area contributed by atoms with Crippen molar-refractivity contribution in [3.8, 4) is 0 Å². The SMILES string of the molecule is COCc1nc(C(=O)N2CCc3sccc3[C@@H]2C)cs1. The summed E-state index contributed by atoms with van der Waals surface area (Å²) in [5.74, 6) is 0.0213. The van der Waals surface area contributed by atoms with Crippen LogP contribution < -0.4 is 0 Å². The molecule has 20 heavy (non-hydrogen) atoms. The van der Waals surface area contributed by atoms with Gasteiger partial charge in [-0.15, -0.1) is 22.7 Å². The van der Waals surface area contributed by atoms with Gasteiger partial charge >= 0.3 is 0 Å². The van der Waals surface area contributed by atoms with Crippen molar-refractivity contribution in [3.63, 3.8) is 0 Å². The number of fused-ring (bicyclic) bond motifs is 1. The number of nitrogens with zero attached hydrogens (tertiary/aromatic N) is 2. The highest BCUT2D eigenvalue weighted by Crippen LogP contribution is 2.33. The van der Waals surface area contributed by atoms with Gasteiger partial charge in [0.1, 0.15) is 10.7 Å². The standard InChI is InChI=1S/C14H16N2O2S2/c1-9-10-4-6-19-12(10)3-5-16(9)14(17)11-8-20-13(15-11)7-18-2/h4,6,8-9H,3,5,7H2,1-2H3/t9-/m0/s1. The first-order valence-electron chi connectivity index (χ1n) is 6.51. The Morgan fingerprint density at radius 1 is 1.55 bits per heavy atom. The summed E-state index contributed by atoms with van der Waals surface area (Å²) in [6, 6.07) is 2.26. The van der Waals surface area contributed by atoms with E-state index >= 15 is 0 Å². The van der Waals surface area contributed by atoms with Gasteiger partial charge in [0.25, 0.3) is 5.91 Å². The van der Waals surface area contributed by atoms with Crippen LogP contribution in [0.4, 0.5) is 0 Å². The summed E-state index contributed by atoms with van der Waals surface area (Å²) < 4.78 is 5.05. The minimum atomic E-state index is 0.0213. The summed E-state index contributed by atoms with van der Waals surface area (Å²) >= 11 is 3.25. The van der Waals surface area contributed by atoms with E-state index < -0.39 is 0 Å². The Bertz CT molecular complexity index is 620. The van der Waals surface area contributed by atoms with E-state index in [1.807, 2.05) is 10.3 Å². The van der Waals surface area contributed by atoms with Crippen molar-refractivity contribution in [2.24, 2.45) is 0 Å². The van der Waals surface area contributed by atoms with Crippen LogP contribution in [0.1, 0.15) is 38.9 Å². The monoisotopic (exact) mass is 308 g/mol. The molecule has 0 saturated carbocycles. The van der Waals surface area contributed by atoms with Gasteiger partial charge in [0, 0.05) is 23.9 Å². The maximum Gasteiger partial charge on any atom is 0.273 e. The van der Waals surface area contributed by atoms with Crippen molar-refractivity contribution in [1.82, 2.24) is 9.88 Å². The highest BCUT2D eigenvalue weighted by atomic mass is 32.1. The lowest BCUT2D eigenvalue weighted by Gasteiger charge is -2.33. The lowest BCUT2D eigenvalue weighted by Crippen LogP contribution is -2.38. The van der Waals surface area contributed by atoms with E-state index in [0.29, 0.717) is 12.3 Å². The molecule has 6 heteroatoms. The Morgan fingerprint density at radius 2 is 2.40 bits per heavy atom. The van der Waals surface area contributed by atoms with Crippen molar-refractivity contribution in [3.05, 3.63) is 38.0 Å². The molecule has 3 rings (SSSR count). The molecule has 0 unspecified atom stereocenters. The quantitative estimate of drug-likeness (QED) is 0.875. The molecule has 1 aliphatic rings. The molecule has 0 radical (unpaired) electrons. The number of carbonyl (C=O) groups excluding carboxylic acids is 1. The van der Waals surface area contributed by atoms with Gasteiger partial charge in [-0.2, -0.15) is 0 Å². The number of aromatic nitrogens is 1. The van der Waals surface area contributed by atoms with Crippen LogP contribution in [0.5, 0.6) is 0 Å². The Kier molecular flexibility index (Phi) is 3.87. The van der Waals surface area contributed by atoms with E-state index in [1.54, 1.807) is 18.4 Å². The van der Waals surface area contributed by atoms with Crippen LogP contribution in [0.2, 0.25) is 0 Å². The molecule has 2 aromatic rings. The number of ether oxygens (including phenoxy) is 1. The van der Waals surface area contributed by atoms with E-state index in [0.717, 1.165) is 18.0 Å². The van der Waals surface area contributed by atoms with Crippen LogP contribution >= 0.6 is 22.7 Å². The molecule has 1 aliphatic heterocycles. The molecule has 0 aliphatic carbocycles. The predicted octanol–water partition coefficient (Wildman–Crippen LogP) is 3.11. The molecule has 0 aromatic carbocycles. The van der Waals surface area contributed by atoms with Gasteiger partial charge < -0.3 is 9.64 Å². The molecule has 1 amide bonds. The lowest BCUT2D eigenvalue weighted by molar-refractivity contribution is 0.0673. The molecule has 3 heterocycles. The number of hydrogen-bond donors (Lipinski definition) is 0. The molecule has 2 aromatic heterocycles. The minimum Gasteiger partial charge on any atom is -0.378 e. The van der Waals surface area contributed by atoms with Crippen LogP contribution in [0.3, 0.4) is 0 Å². The second kappa shape index (κ2) is 5.63. The van der Waals surface area contributed by atoms with E-state index in [2.05, 4.69) is 23.4 Å². The normalized spacial score (nSPS) is 18.1. The molecule has 0 saturated heterocycles. The number of thiazole rings is 1. The van der Waals surface area contributed by atoms with Crippen LogP contribution in [0.15, 0.2) is 16.8 Å². The Hall–Kier alpha value is -1.24. The Balaban J connectivity index is 1.80. The van der Waals surface area contributed by atoms with Crippen LogP contribution in [-0.4, -0.2) is 29.4 Å². The summed E-state index contributed by atoms with van der Waals surface area (Å²) in [4.78, 5) is 20.3. The lowest BCUT2D eigenvalue weighted by atomic mass is 10.0. The van der Waals surface area contributed by atoms with Gasteiger partial charge in [-0.3, -0.25) is 4.79 Å². The zero-order valence-corrected chi connectivity index (χ0v) is 13.1. The number of hydrogen-bond acceptors (Lipinski definition) is 5. The fourth-order valence-electron chi connectivity index (χ4n) is 2.53. The first-order chi connectivity index (χ1) is 9.70. The summed E-state index contributed by atoms with van der Waals surface area (Å²) in [5.41, 5.74) is 1.81. The molecule has 0 N–H and O–H groups in total. The molecule has 1 atom stereocenters. The average molecular weight is 308 g/mol. The second-order valence-electron chi connectivity index (χ2n) is 4.78. The third-order valence-corrected chi connectivity index (χ3v) is 5.40. The van der Waals surface area contributed by atoms with Crippen molar-refractivity contribution in [2.75, 3.05) is 13.7 Å². The molecule has 4 nitrogen and oxygen atoms in total. The van der Waals surface area contributed by atoms with Crippen LogP contribution in [0.25, 0.3) is 0 Å². The highest BCUT2D eigenvalue weighted by Gasteiger charge is 2.30. The van der Waals surface area contributed by atoms with Gasteiger partial charge in [0.05, 0.1) is 12.6 Å². The molecule has 0 spiro atoms. The zero-order chi connectivity index (χ0) is 14.1. The van der Waals surface area contributed by atoms with Crippen LogP contribution in [-0.2, 0) is 17.8 Å². The molecule has 0 fully saturated rings.